The molecule has 0 radical (unpaired) electrons. The Labute approximate surface area is 282 Å². The lowest BCUT2D eigenvalue weighted by Gasteiger charge is -2.25. The molecule has 1 aliphatic heterocycles. The average Bonchev–Trinajstić information content (AvgIpc) is 3.38. The van der Waals surface area contributed by atoms with Crippen LogP contribution in [0.2, 0.25) is 5.02 Å². The van der Waals surface area contributed by atoms with Crippen molar-refractivity contribution in [2.75, 3.05) is 13.7 Å². The first kappa shape index (κ1) is 31.5. The lowest BCUT2D eigenvalue weighted by molar-refractivity contribution is -0.138. The van der Waals surface area contributed by atoms with Gasteiger partial charge in [0.15, 0.2) is 16.3 Å². The topological polar surface area (TPSA) is 79.1 Å². The number of aromatic nitrogens is 1. The minimum Gasteiger partial charge on any atom is -0.493 e. The van der Waals surface area contributed by atoms with Gasteiger partial charge in [0.25, 0.3) is 5.56 Å². The summed E-state index contributed by atoms with van der Waals surface area (Å²) in [6, 6.07) is 29.2. The molecular weight excluding hydrogens is 688 g/mol. The number of hydrogen-bond acceptors (Lipinski definition) is 7. The Morgan fingerprint density at radius 2 is 1.74 bits per heavy atom. The highest BCUT2D eigenvalue weighted by Gasteiger charge is 2.35. The normalized spacial score (nSPS) is 14.4. The Hall–Kier alpha value is -4.44. The number of thiazole rings is 1. The van der Waals surface area contributed by atoms with Crippen LogP contribution in [-0.2, 0) is 16.1 Å². The largest absolute Gasteiger partial charge is 0.493 e. The molecule has 6 rings (SSSR count). The van der Waals surface area contributed by atoms with E-state index >= 15 is 0 Å². The van der Waals surface area contributed by atoms with Crippen molar-refractivity contribution in [3.05, 3.63) is 154 Å². The molecule has 232 valence electrons. The standard InChI is InChI=1S/C36H28BrClN2O5S/c1-3-44-35(42)31-32(24-7-5-4-6-8-24)39-36-40(33(31)25-12-16-27(38)17-13-25)34(41)30(46-36)20-23-11-18-28(29(19-23)43-2)45-21-22-9-14-26(37)15-10-22/h4-20,33H,3,21H2,1-2H3/b30-20-/t33-/m1/s1. The summed E-state index contributed by atoms with van der Waals surface area (Å²) < 4.78 is 20.2. The van der Waals surface area contributed by atoms with Gasteiger partial charge in [-0.2, -0.15) is 0 Å². The van der Waals surface area contributed by atoms with E-state index in [1.165, 1.54) is 11.3 Å². The number of carbonyl (C=O) groups is 1. The predicted molar refractivity (Wildman–Crippen MR) is 184 cm³/mol. The van der Waals surface area contributed by atoms with Crippen LogP contribution >= 0.6 is 38.9 Å². The number of hydrogen-bond donors (Lipinski definition) is 0. The van der Waals surface area contributed by atoms with Crippen LogP contribution in [-0.4, -0.2) is 24.3 Å². The van der Waals surface area contributed by atoms with E-state index in [1.54, 1.807) is 36.8 Å². The molecule has 5 aromatic rings. The van der Waals surface area contributed by atoms with Gasteiger partial charge in [-0.05, 0) is 66.1 Å². The number of halogens is 2. The van der Waals surface area contributed by atoms with E-state index in [4.69, 9.17) is 30.8 Å². The van der Waals surface area contributed by atoms with Gasteiger partial charge in [0.05, 0.1) is 35.6 Å². The number of benzene rings is 4. The highest BCUT2D eigenvalue weighted by Crippen LogP contribution is 2.35. The highest BCUT2D eigenvalue weighted by molar-refractivity contribution is 9.10. The van der Waals surface area contributed by atoms with E-state index in [0.717, 1.165) is 21.2 Å². The number of rotatable bonds is 9. The smallest absolute Gasteiger partial charge is 0.338 e. The first-order valence-electron chi connectivity index (χ1n) is 14.5. The highest BCUT2D eigenvalue weighted by atomic mass is 79.9. The van der Waals surface area contributed by atoms with Gasteiger partial charge < -0.3 is 14.2 Å². The number of fused-ring (bicyclic) bond motifs is 1. The lowest BCUT2D eigenvalue weighted by atomic mass is 9.93. The molecule has 1 aromatic heterocycles. The summed E-state index contributed by atoms with van der Waals surface area (Å²) in [4.78, 5) is 33.1. The van der Waals surface area contributed by atoms with Gasteiger partial charge in [-0.3, -0.25) is 9.36 Å². The molecule has 10 heteroatoms. The lowest BCUT2D eigenvalue weighted by Crippen LogP contribution is -2.40. The van der Waals surface area contributed by atoms with Crippen molar-refractivity contribution in [2.24, 2.45) is 4.99 Å². The summed E-state index contributed by atoms with van der Waals surface area (Å²) in [5, 5.41) is 0.541. The van der Waals surface area contributed by atoms with Crippen molar-refractivity contribution in [1.82, 2.24) is 4.57 Å². The van der Waals surface area contributed by atoms with Crippen LogP contribution in [0.5, 0.6) is 11.5 Å². The number of methoxy groups -OCH3 is 1. The quantitative estimate of drug-likeness (QED) is 0.155. The Morgan fingerprint density at radius 1 is 1.00 bits per heavy atom. The van der Waals surface area contributed by atoms with Crippen LogP contribution < -0.4 is 24.4 Å². The van der Waals surface area contributed by atoms with Crippen LogP contribution in [0.3, 0.4) is 0 Å². The second-order valence-electron chi connectivity index (χ2n) is 10.3. The summed E-state index contributed by atoms with van der Waals surface area (Å²) in [5.41, 5.74) is 3.66. The number of carbonyl (C=O) groups excluding carboxylic acids is 1. The summed E-state index contributed by atoms with van der Waals surface area (Å²) in [6.07, 6.45) is 1.79. The van der Waals surface area contributed by atoms with Crippen molar-refractivity contribution >= 4 is 56.6 Å². The monoisotopic (exact) mass is 714 g/mol. The maximum Gasteiger partial charge on any atom is 0.338 e. The summed E-state index contributed by atoms with van der Waals surface area (Å²) in [5.74, 6) is 0.579. The number of nitrogens with zero attached hydrogens (tertiary/aromatic N) is 2. The van der Waals surface area contributed by atoms with E-state index < -0.39 is 12.0 Å². The van der Waals surface area contributed by atoms with Gasteiger partial charge in [0.1, 0.15) is 6.61 Å². The molecular formula is C36H28BrClN2O5S. The Morgan fingerprint density at radius 3 is 2.43 bits per heavy atom. The Bertz CT molecular complexity index is 2110. The van der Waals surface area contributed by atoms with Gasteiger partial charge in [0.2, 0.25) is 0 Å². The third-order valence-electron chi connectivity index (χ3n) is 7.35. The second kappa shape index (κ2) is 13.9. The van der Waals surface area contributed by atoms with Gasteiger partial charge in [-0.15, -0.1) is 0 Å². The summed E-state index contributed by atoms with van der Waals surface area (Å²) in [6.45, 7) is 2.30. The molecule has 0 fully saturated rings. The van der Waals surface area contributed by atoms with Crippen LogP contribution in [0.25, 0.3) is 11.8 Å². The minimum absolute atomic E-state index is 0.173. The Kier molecular flexibility index (Phi) is 9.53. The summed E-state index contributed by atoms with van der Waals surface area (Å²) >= 11 is 10.9. The molecule has 0 bridgehead atoms. The van der Waals surface area contributed by atoms with Crippen molar-refractivity contribution < 1.29 is 19.0 Å². The van der Waals surface area contributed by atoms with Gasteiger partial charge in [-0.25, -0.2) is 9.79 Å². The minimum atomic E-state index is -0.783. The van der Waals surface area contributed by atoms with E-state index in [0.29, 0.717) is 43.7 Å². The molecule has 2 heterocycles. The molecule has 0 amide bonds. The fraction of sp³-hybridized carbons (Fsp3) is 0.139. The third kappa shape index (κ3) is 6.58. The Balaban J connectivity index is 1.46. The van der Waals surface area contributed by atoms with Crippen LogP contribution in [0.15, 0.2) is 117 Å². The van der Waals surface area contributed by atoms with E-state index in [-0.39, 0.29) is 17.7 Å². The van der Waals surface area contributed by atoms with E-state index in [1.807, 2.05) is 84.9 Å². The maximum absolute atomic E-state index is 14.2. The first-order chi connectivity index (χ1) is 22.4. The van der Waals surface area contributed by atoms with E-state index in [9.17, 15) is 9.59 Å². The van der Waals surface area contributed by atoms with Crippen molar-refractivity contribution in [3.8, 4) is 11.5 Å². The number of esters is 1. The van der Waals surface area contributed by atoms with Crippen LogP contribution in [0.4, 0.5) is 0 Å². The predicted octanol–water partition coefficient (Wildman–Crippen LogP) is 6.94. The maximum atomic E-state index is 14.2. The zero-order chi connectivity index (χ0) is 32.2. The molecule has 0 spiro atoms. The molecule has 0 unspecified atom stereocenters. The molecule has 46 heavy (non-hydrogen) atoms. The molecule has 7 nitrogen and oxygen atoms in total. The summed E-state index contributed by atoms with van der Waals surface area (Å²) in [7, 11) is 1.58. The van der Waals surface area contributed by atoms with Crippen LogP contribution in [0, 0.1) is 0 Å². The SMILES string of the molecule is CCOC(=O)C1=C(c2ccccc2)N=c2s/c(=C\c3ccc(OCc4ccc(Br)cc4)c(OC)c3)c(=O)n2[C@@H]1c1ccc(Cl)cc1. The van der Waals surface area contributed by atoms with Gasteiger partial charge in [0, 0.05) is 15.1 Å². The molecule has 0 N–H and O–H groups in total. The zero-order valence-corrected chi connectivity index (χ0v) is 28.1. The van der Waals surface area contributed by atoms with E-state index in [2.05, 4.69) is 15.9 Å². The van der Waals surface area contributed by atoms with Crippen molar-refractivity contribution in [2.45, 2.75) is 19.6 Å². The molecule has 1 atom stereocenters. The molecule has 4 aromatic carbocycles. The van der Waals surface area contributed by atoms with Gasteiger partial charge in [-0.1, -0.05) is 99.5 Å². The molecule has 0 saturated carbocycles. The average molecular weight is 716 g/mol. The fourth-order valence-corrected chi connectivity index (χ4v) is 6.58. The number of ether oxygens (including phenoxy) is 3. The molecule has 0 saturated heterocycles. The van der Waals surface area contributed by atoms with Gasteiger partial charge >= 0.3 is 5.97 Å². The molecule has 1 aliphatic rings. The van der Waals surface area contributed by atoms with Crippen molar-refractivity contribution in [3.63, 3.8) is 0 Å². The third-order valence-corrected chi connectivity index (χ3v) is 9.12. The molecule has 0 aliphatic carbocycles. The van der Waals surface area contributed by atoms with Crippen LogP contribution in [0.1, 0.15) is 35.2 Å². The first-order valence-corrected chi connectivity index (χ1v) is 16.4. The second-order valence-corrected chi connectivity index (χ2v) is 12.7. The fourth-order valence-electron chi connectivity index (χ4n) is 5.19. The van der Waals surface area contributed by atoms with Crippen molar-refractivity contribution in [1.29, 1.82) is 0 Å². The zero-order valence-electron chi connectivity index (χ0n) is 24.9.